The average Bonchev–Trinajstić information content (AvgIpc) is 3.19. The van der Waals surface area contributed by atoms with Crippen LogP contribution in [-0.2, 0) is 12.8 Å². The van der Waals surface area contributed by atoms with Gasteiger partial charge in [-0.3, -0.25) is 0 Å². The number of aryl methyl sites for hydroxylation is 2. The molecule has 0 amide bonds. The number of rotatable bonds is 5. The highest BCUT2D eigenvalue weighted by Crippen LogP contribution is 2.44. The summed E-state index contributed by atoms with van der Waals surface area (Å²) < 4.78 is 6.29. The largest absolute Gasteiger partial charge is 0.508 e. The van der Waals surface area contributed by atoms with E-state index in [1.807, 2.05) is 54.6 Å². The standard InChI is InChI=1S/C28H22O4/c29-22-12-7-18(8-13-22)6-9-21-16-24(31)17-25-26(21)27(19-4-2-1-3-5-19)28(32-25)20-10-14-23(30)15-11-20/h1-5,7-8,10-17,29-31H,6,9H2. The number of hydrogen-bond acceptors (Lipinski definition) is 4. The van der Waals surface area contributed by atoms with Gasteiger partial charge in [0.25, 0.3) is 0 Å². The summed E-state index contributed by atoms with van der Waals surface area (Å²) in [5.41, 5.74) is 5.54. The van der Waals surface area contributed by atoms with Gasteiger partial charge < -0.3 is 19.7 Å². The molecule has 4 heteroatoms. The summed E-state index contributed by atoms with van der Waals surface area (Å²) in [7, 11) is 0. The summed E-state index contributed by atoms with van der Waals surface area (Å²) in [6.45, 7) is 0. The Kier molecular flexibility index (Phi) is 5.04. The predicted molar refractivity (Wildman–Crippen MR) is 126 cm³/mol. The summed E-state index contributed by atoms with van der Waals surface area (Å²) >= 11 is 0. The third-order valence-corrected chi connectivity index (χ3v) is 5.67. The summed E-state index contributed by atoms with van der Waals surface area (Å²) in [5, 5.41) is 30.6. The van der Waals surface area contributed by atoms with Gasteiger partial charge in [-0.25, -0.2) is 0 Å². The average molecular weight is 422 g/mol. The van der Waals surface area contributed by atoms with Gasteiger partial charge in [0.15, 0.2) is 0 Å². The lowest BCUT2D eigenvalue weighted by Gasteiger charge is -2.09. The number of phenolic OH excluding ortho intramolecular Hbond substituents is 3. The van der Waals surface area contributed by atoms with Crippen LogP contribution in [0.4, 0.5) is 0 Å². The Morgan fingerprint density at radius 3 is 1.94 bits per heavy atom. The smallest absolute Gasteiger partial charge is 0.143 e. The highest BCUT2D eigenvalue weighted by molar-refractivity contribution is 6.04. The van der Waals surface area contributed by atoms with E-state index in [0.29, 0.717) is 17.8 Å². The van der Waals surface area contributed by atoms with E-state index in [1.165, 1.54) is 0 Å². The molecule has 1 aromatic heterocycles. The quantitative estimate of drug-likeness (QED) is 0.296. The fraction of sp³-hybridized carbons (Fsp3) is 0.0714. The van der Waals surface area contributed by atoms with Crippen molar-refractivity contribution in [2.75, 3.05) is 0 Å². The summed E-state index contributed by atoms with van der Waals surface area (Å²) in [6, 6.07) is 27.6. The maximum atomic E-state index is 10.4. The second-order valence-corrected chi connectivity index (χ2v) is 7.86. The Balaban J connectivity index is 1.69. The van der Waals surface area contributed by atoms with Gasteiger partial charge in [0.1, 0.15) is 28.6 Å². The van der Waals surface area contributed by atoms with Gasteiger partial charge in [0, 0.05) is 22.6 Å². The van der Waals surface area contributed by atoms with Crippen LogP contribution in [0.3, 0.4) is 0 Å². The van der Waals surface area contributed by atoms with Crippen molar-refractivity contribution in [3.63, 3.8) is 0 Å². The molecule has 0 spiro atoms. The van der Waals surface area contributed by atoms with Crippen molar-refractivity contribution >= 4 is 11.0 Å². The van der Waals surface area contributed by atoms with Crippen LogP contribution in [0.5, 0.6) is 17.2 Å². The number of hydrogen-bond donors (Lipinski definition) is 3. The molecule has 158 valence electrons. The number of furan rings is 1. The first-order valence-electron chi connectivity index (χ1n) is 10.5. The van der Waals surface area contributed by atoms with Gasteiger partial charge in [-0.05, 0) is 72.0 Å². The molecule has 0 atom stereocenters. The molecule has 3 N–H and O–H groups in total. The van der Waals surface area contributed by atoms with Crippen molar-refractivity contribution in [3.05, 3.63) is 102 Å². The van der Waals surface area contributed by atoms with E-state index in [0.717, 1.165) is 39.6 Å². The van der Waals surface area contributed by atoms with Crippen molar-refractivity contribution in [1.82, 2.24) is 0 Å². The minimum atomic E-state index is 0.156. The lowest BCUT2D eigenvalue weighted by Crippen LogP contribution is -1.93. The van der Waals surface area contributed by atoms with Crippen molar-refractivity contribution in [1.29, 1.82) is 0 Å². The molecule has 0 aliphatic rings. The third kappa shape index (κ3) is 3.79. The maximum Gasteiger partial charge on any atom is 0.143 e. The van der Waals surface area contributed by atoms with Gasteiger partial charge in [-0.2, -0.15) is 0 Å². The van der Waals surface area contributed by atoms with Crippen molar-refractivity contribution in [2.24, 2.45) is 0 Å². The molecule has 4 nitrogen and oxygen atoms in total. The lowest BCUT2D eigenvalue weighted by atomic mass is 9.93. The zero-order valence-electron chi connectivity index (χ0n) is 17.3. The molecule has 0 unspecified atom stereocenters. The number of aromatic hydroxyl groups is 3. The van der Waals surface area contributed by atoms with Crippen molar-refractivity contribution in [2.45, 2.75) is 12.8 Å². The summed E-state index contributed by atoms with van der Waals surface area (Å²) in [6.07, 6.45) is 1.46. The van der Waals surface area contributed by atoms with Crippen LogP contribution in [0.25, 0.3) is 33.4 Å². The van der Waals surface area contributed by atoms with Gasteiger partial charge in [-0.1, -0.05) is 42.5 Å². The van der Waals surface area contributed by atoms with E-state index in [-0.39, 0.29) is 17.2 Å². The highest BCUT2D eigenvalue weighted by Gasteiger charge is 2.21. The second-order valence-electron chi connectivity index (χ2n) is 7.86. The first-order chi connectivity index (χ1) is 15.6. The molecule has 4 aromatic carbocycles. The molecule has 0 saturated carbocycles. The van der Waals surface area contributed by atoms with Gasteiger partial charge >= 0.3 is 0 Å². The minimum absolute atomic E-state index is 0.156. The van der Waals surface area contributed by atoms with Crippen LogP contribution in [0.2, 0.25) is 0 Å². The highest BCUT2D eigenvalue weighted by atomic mass is 16.3. The fourth-order valence-corrected chi connectivity index (χ4v) is 4.13. The minimum Gasteiger partial charge on any atom is -0.508 e. The van der Waals surface area contributed by atoms with Crippen molar-refractivity contribution < 1.29 is 19.7 Å². The van der Waals surface area contributed by atoms with Crippen LogP contribution < -0.4 is 0 Å². The Labute approximate surface area is 185 Å². The van der Waals surface area contributed by atoms with E-state index < -0.39 is 0 Å². The van der Waals surface area contributed by atoms with E-state index in [9.17, 15) is 15.3 Å². The predicted octanol–water partition coefficient (Wildman–Crippen LogP) is 6.67. The van der Waals surface area contributed by atoms with Crippen LogP contribution in [0.15, 0.2) is 95.4 Å². The molecule has 0 bridgehead atoms. The number of benzene rings is 4. The fourth-order valence-electron chi connectivity index (χ4n) is 4.13. The Morgan fingerprint density at radius 1 is 0.594 bits per heavy atom. The number of fused-ring (bicyclic) bond motifs is 1. The Hall–Kier alpha value is -4.18. The zero-order chi connectivity index (χ0) is 22.1. The first-order valence-corrected chi connectivity index (χ1v) is 10.5. The first kappa shape index (κ1) is 19.8. The second kappa shape index (κ2) is 8.16. The molecule has 0 radical (unpaired) electrons. The molecule has 0 fully saturated rings. The van der Waals surface area contributed by atoms with Gasteiger partial charge in [-0.15, -0.1) is 0 Å². The normalized spacial score (nSPS) is 11.1. The molecule has 0 aliphatic carbocycles. The molecule has 0 aliphatic heterocycles. The van der Waals surface area contributed by atoms with Crippen LogP contribution in [-0.4, -0.2) is 15.3 Å². The maximum absolute atomic E-state index is 10.4. The van der Waals surface area contributed by atoms with E-state index in [1.54, 1.807) is 36.4 Å². The topological polar surface area (TPSA) is 73.8 Å². The number of phenols is 3. The molecule has 5 rings (SSSR count). The Bertz CT molecular complexity index is 1370. The van der Waals surface area contributed by atoms with Crippen LogP contribution >= 0.6 is 0 Å². The SMILES string of the molecule is Oc1ccc(CCc2cc(O)cc3oc(-c4ccc(O)cc4)c(-c4ccccc4)c23)cc1. The molecular weight excluding hydrogens is 400 g/mol. The van der Waals surface area contributed by atoms with Crippen molar-refractivity contribution in [3.8, 4) is 39.7 Å². The van der Waals surface area contributed by atoms with Crippen LogP contribution in [0.1, 0.15) is 11.1 Å². The lowest BCUT2D eigenvalue weighted by molar-refractivity contribution is 0.474. The molecule has 32 heavy (non-hydrogen) atoms. The molecular formula is C28H22O4. The van der Waals surface area contributed by atoms with Gasteiger partial charge in [0.05, 0.1) is 0 Å². The molecule has 0 saturated heterocycles. The molecule has 5 aromatic rings. The third-order valence-electron chi connectivity index (χ3n) is 5.67. The van der Waals surface area contributed by atoms with E-state index >= 15 is 0 Å². The van der Waals surface area contributed by atoms with E-state index in [2.05, 4.69) is 0 Å². The van der Waals surface area contributed by atoms with Gasteiger partial charge in [0.2, 0.25) is 0 Å². The van der Waals surface area contributed by atoms with Crippen LogP contribution in [0, 0.1) is 0 Å². The summed E-state index contributed by atoms with van der Waals surface area (Å²) in [5.74, 6) is 1.29. The van der Waals surface area contributed by atoms with E-state index in [4.69, 9.17) is 4.42 Å². The summed E-state index contributed by atoms with van der Waals surface area (Å²) in [4.78, 5) is 0. The monoisotopic (exact) mass is 422 g/mol. The zero-order valence-corrected chi connectivity index (χ0v) is 17.3. The Morgan fingerprint density at radius 2 is 1.25 bits per heavy atom. The molecule has 1 heterocycles.